The molecule has 1 unspecified atom stereocenters. The fourth-order valence-corrected chi connectivity index (χ4v) is 1.34. The highest BCUT2D eigenvalue weighted by Crippen LogP contribution is 2.15. The molecule has 1 nitrogen and oxygen atoms in total. The third kappa shape index (κ3) is 1.95. The van der Waals surface area contributed by atoms with E-state index in [-0.39, 0.29) is 6.04 Å². The van der Waals surface area contributed by atoms with Crippen molar-refractivity contribution in [2.45, 2.75) is 19.9 Å². The molecule has 0 aromatic heterocycles. The van der Waals surface area contributed by atoms with E-state index in [9.17, 15) is 0 Å². The predicted molar refractivity (Wildman–Crippen MR) is 53.0 cm³/mol. The van der Waals surface area contributed by atoms with Gasteiger partial charge in [0.25, 0.3) is 0 Å². The minimum absolute atomic E-state index is 0.0383. The first-order valence-electron chi connectivity index (χ1n) is 4.10. The monoisotopic (exact) mass is 161 g/mol. The van der Waals surface area contributed by atoms with Crippen LogP contribution in [0.25, 0.3) is 0 Å². The number of nitrogens with two attached hydrogens (primary N) is 1. The molecule has 64 valence electrons. The fraction of sp³-hybridized carbons (Fsp3) is 0.273. The van der Waals surface area contributed by atoms with Crippen molar-refractivity contribution in [3.8, 4) is 0 Å². The summed E-state index contributed by atoms with van der Waals surface area (Å²) in [5.41, 5.74) is 9.46. The molecule has 0 heterocycles. The molecule has 0 saturated carbocycles. The van der Waals surface area contributed by atoms with E-state index >= 15 is 0 Å². The van der Waals surface area contributed by atoms with Crippen LogP contribution in [0.2, 0.25) is 0 Å². The lowest BCUT2D eigenvalue weighted by atomic mass is 10.0. The molecule has 0 aliphatic rings. The molecule has 0 bridgehead atoms. The van der Waals surface area contributed by atoms with Crippen molar-refractivity contribution >= 4 is 0 Å². The van der Waals surface area contributed by atoms with Gasteiger partial charge in [-0.3, -0.25) is 0 Å². The molecule has 0 saturated heterocycles. The van der Waals surface area contributed by atoms with Gasteiger partial charge in [-0.1, -0.05) is 35.4 Å². The van der Waals surface area contributed by atoms with Gasteiger partial charge in [0.15, 0.2) is 0 Å². The zero-order valence-electron chi connectivity index (χ0n) is 7.67. The van der Waals surface area contributed by atoms with E-state index in [4.69, 9.17) is 5.73 Å². The van der Waals surface area contributed by atoms with Crippen LogP contribution in [-0.4, -0.2) is 0 Å². The van der Waals surface area contributed by atoms with Crippen LogP contribution in [0.15, 0.2) is 30.9 Å². The summed E-state index contributed by atoms with van der Waals surface area (Å²) in [5, 5.41) is 0. The lowest BCUT2D eigenvalue weighted by Crippen LogP contribution is -2.06. The van der Waals surface area contributed by atoms with E-state index in [1.54, 1.807) is 6.08 Å². The Hall–Kier alpha value is -1.08. The van der Waals surface area contributed by atoms with Crippen LogP contribution in [0, 0.1) is 13.8 Å². The molecule has 2 N–H and O–H groups in total. The zero-order valence-corrected chi connectivity index (χ0v) is 7.67. The second kappa shape index (κ2) is 3.55. The van der Waals surface area contributed by atoms with Crippen LogP contribution in [0.3, 0.4) is 0 Å². The maximum Gasteiger partial charge on any atom is 0.0478 e. The van der Waals surface area contributed by atoms with E-state index < -0.39 is 0 Å². The van der Waals surface area contributed by atoms with Crippen LogP contribution in [-0.2, 0) is 0 Å². The minimum Gasteiger partial charge on any atom is -0.321 e. The highest BCUT2D eigenvalue weighted by Gasteiger charge is 2.01. The van der Waals surface area contributed by atoms with Crippen LogP contribution < -0.4 is 5.73 Å². The molecule has 1 aromatic carbocycles. The maximum atomic E-state index is 5.81. The van der Waals surface area contributed by atoms with Crippen molar-refractivity contribution in [1.29, 1.82) is 0 Å². The van der Waals surface area contributed by atoms with Gasteiger partial charge in [0, 0.05) is 6.04 Å². The summed E-state index contributed by atoms with van der Waals surface area (Å²) in [6, 6.07) is 6.29. The molecule has 0 fully saturated rings. The van der Waals surface area contributed by atoms with Gasteiger partial charge in [-0.25, -0.2) is 0 Å². The van der Waals surface area contributed by atoms with Gasteiger partial charge in [0.05, 0.1) is 0 Å². The van der Waals surface area contributed by atoms with Crippen molar-refractivity contribution in [3.63, 3.8) is 0 Å². The summed E-state index contributed by atoms with van der Waals surface area (Å²) < 4.78 is 0. The number of hydrogen-bond donors (Lipinski definition) is 1. The van der Waals surface area contributed by atoms with Gasteiger partial charge in [0.1, 0.15) is 0 Å². The van der Waals surface area contributed by atoms with Gasteiger partial charge >= 0.3 is 0 Å². The first-order valence-corrected chi connectivity index (χ1v) is 4.10. The van der Waals surface area contributed by atoms with Crippen LogP contribution in [0.4, 0.5) is 0 Å². The average molecular weight is 161 g/mol. The summed E-state index contributed by atoms with van der Waals surface area (Å²) in [4.78, 5) is 0. The summed E-state index contributed by atoms with van der Waals surface area (Å²) in [6.07, 6.45) is 1.76. The smallest absolute Gasteiger partial charge is 0.0478 e. The Balaban J connectivity index is 3.08. The first-order chi connectivity index (χ1) is 5.63. The third-order valence-electron chi connectivity index (χ3n) is 1.88. The van der Waals surface area contributed by atoms with Crippen LogP contribution >= 0.6 is 0 Å². The van der Waals surface area contributed by atoms with Crippen LogP contribution in [0.1, 0.15) is 22.7 Å². The van der Waals surface area contributed by atoms with Gasteiger partial charge in [0.2, 0.25) is 0 Å². The van der Waals surface area contributed by atoms with E-state index in [0.717, 1.165) is 5.56 Å². The molecule has 1 heteroatoms. The predicted octanol–water partition coefficient (Wildman–Crippen LogP) is 2.49. The normalized spacial score (nSPS) is 12.6. The molecule has 0 aliphatic carbocycles. The number of benzene rings is 1. The van der Waals surface area contributed by atoms with E-state index in [1.165, 1.54) is 11.1 Å². The Morgan fingerprint density at radius 1 is 1.25 bits per heavy atom. The van der Waals surface area contributed by atoms with Gasteiger partial charge in [-0.2, -0.15) is 0 Å². The Bertz CT molecular complexity index is 269. The SMILES string of the molecule is C=CC(N)c1cc(C)cc(C)c1. The quantitative estimate of drug-likeness (QED) is 0.662. The fourth-order valence-electron chi connectivity index (χ4n) is 1.34. The van der Waals surface area contributed by atoms with E-state index in [2.05, 4.69) is 38.6 Å². The standard InChI is InChI=1S/C11H15N/c1-4-11(12)10-6-8(2)5-9(3)7-10/h4-7,11H,1,12H2,2-3H3. The van der Waals surface area contributed by atoms with Gasteiger partial charge in [-0.05, 0) is 19.4 Å². The molecule has 0 spiro atoms. The van der Waals surface area contributed by atoms with Crippen molar-refractivity contribution in [2.24, 2.45) is 5.73 Å². The largest absolute Gasteiger partial charge is 0.321 e. The Morgan fingerprint density at radius 2 is 1.75 bits per heavy atom. The second-order valence-corrected chi connectivity index (χ2v) is 3.18. The molecule has 0 amide bonds. The van der Waals surface area contributed by atoms with Crippen molar-refractivity contribution in [3.05, 3.63) is 47.5 Å². The number of hydrogen-bond acceptors (Lipinski definition) is 1. The molecule has 0 aliphatic heterocycles. The molecular formula is C11H15N. The highest BCUT2D eigenvalue weighted by molar-refractivity contribution is 5.31. The topological polar surface area (TPSA) is 26.0 Å². The Labute approximate surface area is 73.9 Å². The molecule has 1 aromatic rings. The molecule has 1 atom stereocenters. The first kappa shape index (κ1) is 9.01. The third-order valence-corrected chi connectivity index (χ3v) is 1.88. The molecule has 1 rings (SSSR count). The number of rotatable bonds is 2. The van der Waals surface area contributed by atoms with E-state index in [0.29, 0.717) is 0 Å². The number of aryl methyl sites for hydroxylation is 2. The van der Waals surface area contributed by atoms with E-state index in [1.807, 2.05) is 0 Å². The maximum absolute atomic E-state index is 5.81. The molecular weight excluding hydrogens is 146 g/mol. The second-order valence-electron chi connectivity index (χ2n) is 3.18. The lowest BCUT2D eigenvalue weighted by Gasteiger charge is -2.08. The lowest BCUT2D eigenvalue weighted by molar-refractivity contribution is 0.910. The summed E-state index contributed by atoms with van der Waals surface area (Å²) in [7, 11) is 0. The summed E-state index contributed by atoms with van der Waals surface area (Å²) >= 11 is 0. The van der Waals surface area contributed by atoms with Crippen molar-refractivity contribution in [1.82, 2.24) is 0 Å². The molecule has 12 heavy (non-hydrogen) atoms. The Morgan fingerprint density at radius 3 is 2.17 bits per heavy atom. The van der Waals surface area contributed by atoms with Crippen molar-refractivity contribution in [2.75, 3.05) is 0 Å². The van der Waals surface area contributed by atoms with Gasteiger partial charge < -0.3 is 5.73 Å². The summed E-state index contributed by atoms with van der Waals surface area (Å²) in [6.45, 7) is 7.82. The summed E-state index contributed by atoms with van der Waals surface area (Å²) in [5.74, 6) is 0. The highest BCUT2D eigenvalue weighted by atomic mass is 14.6. The van der Waals surface area contributed by atoms with Crippen molar-refractivity contribution < 1.29 is 0 Å². The minimum atomic E-state index is -0.0383. The zero-order chi connectivity index (χ0) is 9.14. The Kier molecular flexibility index (Phi) is 2.66. The van der Waals surface area contributed by atoms with Crippen LogP contribution in [0.5, 0.6) is 0 Å². The molecule has 0 radical (unpaired) electrons. The average Bonchev–Trinajstić information content (AvgIpc) is 2.01. The van der Waals surface area contributed by atoms with Gasteiger partial charge in [-0.15, -0.1) is 6.58 Å².